The van der Waals surface area contributed by atoms with Gasteiger partial charge in [0.15, 0.2) is 0 Å². The highest BCUT2D eigenvalue weighted by atomic mass is 19.4. The summed E-state index contributed by atoms with van der Waals surface area (Å²) in [6.45, 7) is 1.75. The number of alkyl halides is 3. The zero-order chi connectivity index (χ0) is 13.8. The predicted molar refractivity (Wildman–Crippen MR) is 59.2 cm³/mol. The fourth-order valence-electron chi connectivity index (χ4n) is 1.46. The van der Waals surface area contributed by atoms with E-state index < -0.39 is 29.6 Å². The number of anilines is 1. The van der Waals surface area contributed by atoms with Crippen molar-refractivity contribution in [1.29, 1.82) is 0 Å². The Balaban J connectivity index is 2.99. The summed E-state index contributed by atoms with van der Waals surface area (Å²) in [6.07, 6.45) is -2.62. The Hall–Kier alpha value is -1.79. The molecule has 1 atom stereocenters. The molecule has 4 nitrogen and oxygen atoms in total. The number of carboxylic acid groups (broad SMARTS) is 1. The summed E-state index contributed by atoms with van der Waals surface area (Å²) in [5.74, 6) is -1.65. The van der Waals surface area contributed by atoms with Crippen LogP contribution in [0.25, 0.3) is 0 Å². The second-order valence-corrected chi connectivity index (χ2v) is 3.72. The highest BCUT2D eigenvalue weighted by Gasteiger charge is 2.35. The molecule has 100 valence electrons. The van der Waals surface area contributed by atoms with E-state index in [1.165, 1.54) is 6.20 Å². The van der Waals surface area contributed by atoms with Crippen molar-refractivity contribution in [3.05, 3.63) is 23.9 Å². The Kier molecular flexibility index (Phi) is 4.52. The minimum Gasteiger partial charge on any atom is -0.480 e. The Bertz CT molecular complexity index is 421. The highest BCUT2D eigenvalue weighted by molar-refractivity contribution is 5.77. The van der Waals surface area contributed by atoms with Gasteiger partial charge < -0.3 is 10.4 Å². The molecule has 1 aromatic heterocycles. The molecule has 0 fully saturated rings. The van der Waals surface area contributed by atoms with Crippen molar-refractivity contribution in [2.75, 3.05) is 5.32 Å². The molecule has 0 saturated heterocycles. The van der Waals surface area contributed by atoms with E-state index in [0.717, 1.165) is 12.1 Å². The fourth-order valence-corrected chi connectivity index (χ4v) is 1.46. The van der Waals surface area contributed by atoms with Crippen LogP contribution in [0.4, 0.5) is 19.0 Å². The van der Waals surface area contributed by atoms with Crippen LogP contribution in [-0.4, -0.2) is 22.1 Å². The van der Waals surface area contributed by atoms with Gasteiger partial charge >= 0.3 is 12.1 Å². The van der Waals surface area contributed by atoms with Crippen LogP contribution in [0.3, 0.4) is 0 Å². The predicted octanol–water partition coefficient (Wildman–Crippen LogP) is 2.77. The van der Waals surface area contributed by atoms with Crippen LogP contribution >= 0.6 is 0 Å². The number of carbonyl (C=O) groups is 1. The maximum Gasteiger partial charge on any atom is 0.419 e. The molecule has 0 aliphatic rings. The van der Waals surface area contributed by atoms with Crippen molar-refractivity contribution in [3.63, 3.8) is 0 Å². The summed E-state index contributed by atoms with van der Waals surface area (Å²) < 4.78 is 38.0. The summed E-state index contributed by atoms with van der Waals surface area (Å²) in [5, 5.41) is 11.2. The van der Waals surface area contributed by atoms with Crippen LogP contribution in [0.5, 0.6) is 0 Å². The quantitative estimate of drug-likeness (QED) is 0.856. The maximum absolute atomic E-state index is 12.7. The van der Waals surface area contributed by atoms with E-state index in [-0.39, 0.29) is 6.42 Å². The number of aliphatic carboxylic acids is 1. The molecule has 2 N–H and O–H groups in total. The minimum atomic E-state index is -4.56. The first kappa shape index (κ1) is 14.3. The number of hydrogen-bond donors (Lipinski definition) is 2. The van der Waals surface area contributed by atoms with Crippen LogP contribution in [0.15, 0.2) is 18.3 Å². The van der Waals surface area contributed by atoms with Crippen LogP contribution in [0, 0.1) is 0 Å². The van der Waals surface area contributed by atoms with E-state index in [9.17, 15) is 18.0 Å². The van der Waals surface area contributed by atoms with Gasteiger partial charge in [-0.25, -0.2) is 9.78 Å². The summed E-state index contributed by atoms with van der Waals surface area (Å²) in [6, 6.07) is 0.940. The molecule has 0 radical (unpaired) electrons. The number of aromatic nitrogens is 1. The average molecular weight is 262 g/mol. The Labute approximate surface area is 102 Å². The standard InChI is InChI=1S/C11H13F3N2O2/c1-2-4-8(10(17)18)16-9-7(11(12,13)14)5-3-6-15-9/h3,5-6,8H,2,4H2,1H3,(H,15,16)(H,17,18). The van der Waals surface area contributed by atoms with Gasteiger partial charge in [-0.1, -0.05) is 13.3 Å². The van der Waals surface area contributed by atoms with Gasteiger partial charge in [-0.3, -0.25) is 0 Å². The molecule has 0 aromatic carbocycles. The number of rotatable bonds is 5. The second kappa shape index (κ2) is 5.70. The molecular formula is C11H13F3N2O2. The monoisotopic (exact) mass is 262 g/mol. The third kappa shape index (κ3) is 3.61. The maximum atomic E-state index is 12.7. The molecule has 1 rings (SSSR count). The van der Waals surface area contributed by atoms with Gasteiger partial charge in [0, 0.05) is 6.20 Å². The first-order chi connectivity index (χ1) is 8.36. The largest absolute Gasteiger partial charge is 0.480 e. The molecule has 1 heterocycles. The molecule has 0 bridgehead atoms. The summed E-state index contributed by atoms with van der Waals surface area (Å²) in [4.78, 5) is 14.4. The molecule has 1 aromatic rings. The summed E-state index contributed by atoms with van der Waals surface area (Å²) in [5.41, 5.74) is -0.965. The molecule has 7 heteroatoms. The van der Waals surface area contributed by atoms with E-state index >= 15 is 0 Å². The third-order valence-corrected chi connectivity index (χ3v) is 2.30. The van der Waals surface area contributed by atoms with E-state index in [0.29, 0.717) is 6.42 Å². The van der Waals surface area contributed by atoms with Gasteiger partial charge in [-0.15, -0.1) is 0 Å². The summed E-state index contributed by atoms with van der Waals surface area (Å²) >= 11 is 0. The number of nitrogens with zero attached hydrogens (tertiary/aromatic N) is 1. The van der Waals surface area contributed by atoms with Crippen molar-refractivity contribution in [3.8, 4) is 0 Å². The van der Waals surface area contributed by atoms with Gasteiger partial charge in [0.1, 0.15) is 11.9 Å². The molecular weight excluding hydrogens is 249 g/mol. The molecule has 0 spiro atoms. The summed E-state index contributed by atoms with van der Waals surface area (Å²) in [7, 11) is 0. The molecule has 0 aliphatic carbocycles. The van der Waals surface area contributed by atoms with Crippen molar-refractivity contribution in [2.45, 2.75) is 32.0 Å². The number of carboxylic acids is 1. The molecule has 0 saturated carbocycles. The second-order valence-electron chi connectivity index (χ2n) is 3.72. The first-order valence-corrected chi connectivity index (χ1v) is 5.37. The van der Waals surface area contributed by atoms with Gasteiger partial charge in [0.05, 0.1) is 5.56 Å². The van der Waals surface area contributed by atoms with Crippen molar-refractivity contribution >= 4 is 11.8 Å². The lowest BCUT2D eigenvalue weighted by molar-refractivity contribution is -0.139. The van der Waals surface area contributed by atoms with Crippen molar-refractivity contribution < 1.29 is 23.1 Å². The van der Waals surface area contributed by atoms with E-state index in [4.69, 9.17) is 5.11 Å². The molecule has 0 aliphatic heterocycles. The smallest absolute Gasteiger partial charge is 0.419 e. The van der Waals surface area contributed by atoms with Crippen LogP contribution in [0.1, 0.15) is 25.3 Å². The van der Waals surface area contributed by atoms with Crippen molar-refractivity contribution in [1.82, 2.24) is 4.98 Å². The zero-order valence-electron chi connectivity index (χ0n) is 9.66. The number of nitrogens with one attached hydrogen (secondary N) is 1. The van der Waals surface area contributed by atoms with Gasteiger partial charge in [-0.05, 0) is 18.6 Å². The van der Waals surface area contributed by atoms with Gasteiger partial charge in [0.2, 0.25) is 0 Å². The number of hydrogen-bond acceptors (Lipinski definition) is 3. The lowest BCUT2D eigenvalue weighted by atomic mass is 10.1. The lowest BCUT2D eigenvalue weighted by Crippen LogP contribution is -2.30. The topological polar surface area (TPSA) is 62.2 Å². The van der Waals surface area contributed by atoms with Gasteiger partial charge in [-0.2, -0.15) is 13.2 Å². The average Bonchev–Trinajstić information content (AvgIpc) is 2.27. The van der Waals surface area contributed by atoms with Crippen LogP contribution in [0.2, 0.25) is 0 Å². The SMILES string of the molecule is CCCC(Nc1ncccc1C(F)(F)F)C(=O)O. The van der Waals surface area contributed by atoms with Crippen molar-refractivity contribution in [2.24, 2.45) is 0 Å². The first-order valence-electron chi connectivity index (χ1n) is 5.37. The van der Waals surface area contributed by atoms with E-state index in [2.05, 4.69) is 10.3 Å². The Morgan fingerprint density at radius 3 is 2.72 bits per heavy atom. The van der Waals surface area contributed by atoms with Crippen LogP contribution < -0.4 is 5.32 Å². The molecule has 18 heavy (non-hydrogen) atoms. The lowest BCUT2D eigenvalue weighted by Gasteiger charge is -2.17. The van der Waals surface area contributed by atoms with E-state index in [1.807, 2.05) is 0 Å². The van der Waals surface area contributed by atoms with Gasteiger partial charge in [0.25, 0.3) is 0 Å². The zero-order valence-corrected chi connectivity index (χ0v) is 9.66. The fraction of sp³-hybridized carbons (Fsp3) is 0.455. The Morgan fingerprint density at radius 1 is 1.56 bits per heavy atom. The number of halogens is 3. The normalized spacial score (nSPS) is 13.1. The highest BCUT2D eigenvalue weighted by Crippen LogP contribution is 2.33. The molecule has 1 unspecified atom stereocenters. The number of pyridine rings is 1. The van der Waals surface area contributed by atoms with E-state index in [1.54, 1.807) is 6.92 Å². The minimum absolute atomic E-state index is 0.225. The molecule has 0 amide bonds. The third-order valence-electron chi connectivity index (χ3n) is 2.30. The Morgan fingerprint density at radius 2 is 2.22 bits per heavy atom. The van der Waals surface area contributed by atoms with Crippen LogP contribution in [-0.2, 0) is 11.0 Å².